The monoisotopic (exact) mass is 282 g/mol. The molecule has 0 bridgehead atoms. The molecule has 0 unspecified atom stereocenters. The molecule has 3 rings (SSSR count). The van der Waals surface area contributed by atoms with Gasteiger partial charge in [0.05, 0.1) is 17.6 Å². The van der Waals surface area contributed by atoms with Crippen molar-refractivity contribution in [1.82, 2.24) is 20.0 Å². The van der Waals surface area contributed by atoms with Crippen molar-refractivity contribution in [2.24, 2.45) is 0 Å². The van der Waals surface area contributed by atoms with Gasteiger partial charge in [0.15, 0.2) is 11.6 Å². The minimum Gasteiger partial charge on any atom is -0.394 e. The summed E-state index contributed by atoms with van der Waals surface area (Å²) < 4.78 is 1.35. The number of aromatic nitrogens is 4. The number of aryl methyl sites for hydroxylation is 1. The third-order valence-electron chi connectivity index (χ3n) is 3.07. The molecule has 2 heterocycles. The van der Waals surface area contributed by atoms with Crippen molar-refractivity contribution in [1.29, 1.82) is 0 Å². The molecule has 0 saturated carbocycles. The number of rotatable bonds is 3. The Morgan fingerprint density at radius 3 is 2.76 bits per heavy atom. The fraction of sp³-hybridized carbons (Fsp3) is 0.0714. The van der Waals surface area contributed by atoms with Gasteiger partial charge in [0.1, 0.15) is 0 Å². The summed E-state index contributed by atoms with van der Waals surface area (Å²) in [5, 5.41) is 13.9. The molecule has 0 spiro atoms. The van der Waals surface area contributed by atoms with Gasteiger partial charge in [-0.05, 0) is 24.6 Å². The zero-order valence-electron chi connectivity index (χ0n) is 11.4. The first-order chi connectivity index (χ1) is 10.1. The highest BCUT2D eigenvalue weighted by atomic mass is 16.1. The van der Waals surface area contributed by atoms with Crippen LogP contribution in [0, 0.1) is 6.92 Å². The van der Waals surface area contributed by atoms with E-state index < -0.39 is 0 Å². The number of nitrogens with zero attached hydrogens (tertiary/aromatic N) is 3. The van der Waals surface area contributed by atoms with E-state index in [2.05, 4.69) is 20.6 Å². The van der Waals surface area contributed by atoms with Crippen molar-refractivity contribution in [3.05, 3.63) is 58.5 Å². The van der Waals surface area contributed by atoms with Gasteiger partial charge in [-0.15, -0.1) is 5.10 Å². The Balaban J connectivity index is 2.03. The molecule has 0 aliphatic rings. The molecule has 0 amide bonds. The van der Waals surface area contributed by atoms with Gasteiger partial charge in [0.25, 0.3) is 5.56 Å². The maximum absolute atomic E-state index is 12.0. The lowest BCUT2D eigenvalue weighted by Crippen LogP contribution is -2.21. The van der Waals surface area contributed by atoms with Crippen LogP contribution in [0.25, 0.3) is 5.69 Å². The molecule has 1 aromatic carbocycles. The lowest BCUT2D eigenvalue weighted by atomic mass is 10.2. The molecule has 0 aliphatic heterocycles. The Labute approximate surface area is 120 Å². The van der Waals surface area contributed by atoms with Gasteiger partial charge in [-0.25, -0.2) is 0 Å². The molecule has 0 atom stereocenters. The predicted octanol–water partition coefficient (Wildman–Crippen LogP) is 1.59. The van der Waals surface area contributed by atoms with Crippen LogP contribution in [0.15, 0.2) is 47.4 Å². The van der Waals surface area contributed by atoms with Gasteiger partial charge < -0.3 is 11.1 Å². The van der Waals surface area contributed by atoms with Crippen molar-refractivity contribution in [2.45, 2.75) is 6.92 Å². The van der Waals surface area contributed by atoms with E-state index in [0.717, 1.165) is 11.3 Å². The third-order valence-corrected chi connectivity index (χ3v) is 3.07. The zero-order valence-corrected chi connectivity index (χ0v) is 11.4. The van der Waals surface area contributed by atoms with E-state index in [0.29, 0.717) is 17.3 Å². The van der Waals surface area contributed by atoms with Crippen LogP contribution in [-0.4, -0.2) is 20.0 Å². The minimum absolute atomic E-state index is 0.201. The quantitative estimate of drug-likeness (QED) is 0.677. The Bertz CT molecular complexity index is 835. The van der Waals surface area contributed by atoms with Gasteiger partial charge in [-0.3, -0.25) is 9.89 Å². The number of hydrogen-bond donors (Lipinski definition) is 3. The van der Waals surface area contributed by atoms with Crippen LogP contribution >= 0.6 is 0 Å². The average Bonchev–Trinajstić information content (AvgIpc) is 2.87. The fourth-order valence-electron chi connectivity index (χ4n) is 1.98. The van der Waals surface area contributed by atoms with Gasteiger partial charge in [-0.1, -0.05) is 18.2 Å². The Kier molecular flexibility index (Phi) is 3.15. The second kappa shape index (κ2) is 5.12. The molecular formula is C14H14N6O. The Morgan fingerprint density at radius 2 is 2.05 bits per heavy atom. The van der Waals surface area contributed by atoms with E-state index in [9.17, 15) is 4.79 Å². The molecule has 2 aromatic heterocycles. The molecular weight excluding hydrogens is 268 g/mol. The van der Waals surface area contributed by atoms with E-state index in [1.807, 2.05) is 31.2 Å². The molecule has 7 nitrogen and oxygen atoms in total. The summed E-state index contributed by atoms with van der Waals surface area (Å²) in [4.78, 5) is 12.0. The maximum atomic E-state index is 12.0. The molecule has 3 aromatic rings. The number of para-hydroxylation sites is 1. The van der Waals surface area contributed by atoms with Crippen LogP contribution in [0.3, 0.4) is 0 Å². The summed E-state index contributed by atoms with van der Waals surface area (Å²) >= 11 is 0. The van der Waals surface area contributed by atoms with E-state index in [1.54, 1.807) is 6.07 Å². The lowest BCUT2D eigenvalue weighted by Gasteiger charge is -2.10. The summed E-state index contributed by atoms with van der Waals surface area (Å²) in [6, 6.07) is 10.6. The van der Waals surface area contributed by atoms with Gasteiger partial charge >= 0.3 is 0 Å². The molecule has 21 heavy (non-hydrogen) atoms. The molecule has 4 N–H and O–H groups in total. The number of nitrogens with one attached hydrogen (secondary N) is 2. The van der Waals surface area contributed by atoms with Crippen molar-refractivity contribution < 1.29 is 0 Å². The largest absolute Gasteiger partial charge is 0.394 e. The van der Waals surface area contributed by atoms with E-state index in [4.69, 9.17) is 5.73 Å². The number of anilines is 3. The second-order valence-electron chi connectivity index (χ2n) is 4.58. The number of hydrogen-bond acceptors (Lipinski definition) is 5. The normalized spacial score (nSPS) is 10.5. The van der Waals surface area contributed by atoms with Crippen molar-refractivity contribution in [3.63, 3.8) is 0 Å². The summed E-state index contributed by atoms with van der Waals surface area (Å²) in [6.45, 7) is 1.93. The molecule has 0 fully saturated rings. The van der Waals surface area contributed by atoms with Crippen molar-refractivity contribution in [2.75, 3.05) is 11.1 Å². The molecule has 106 valence electrons. The zero-order chi connectivity index (χ0) is 14.8. The molecule has 7 heteroatoms. The minimum atomic E-state index is -0.201. The third kappa shape index (κ3) is 2.48. The van der Waals surface area contributed by atoms with Crippen LogP contribution in [0.1, 0.15) is 5.56 Å². The van der Waals surface area contributed by atoms with Crippen LogP contribution in [-0.2, 0) is 0 Å². The molecule has 0 saturated heterocycles. The fourth-order valence-corrected chi connectivity index (χ4v) is 1.98. The first kappa shape index (κ1) is 12.9. The topological polar surface area (TPSA) is 102 Å². The number of benzene rings is 1. The van der Waals surface area contributed by atoms with E-state index in [-0.39, 0.29) is 5.56 Å². The van der Waals surface area contributed by atoms with Crippen molar-refractivity contribution >= 4 is 17.3 Å². The number of nitrogens with two attached hydrogens (primary N) is 1. The van der Waals surface area contributed by atoms with Crippen LogP contribution in [0.2, 0.25) is 0 Å². The van der Waals surface area contributed by atoms with Crippen LogP contribution in [0.5, 0.6) is 0 Å². The Morgan fingerprint density at radius 1 is 1.24 bits per heavy atom. The first-order valence-corrected chi connectivity index (χ1v) is 6.37. The number of aromatic amines is 1. The predicted molar refractivity (Wildman–Crippen MR) is 80.9 cm³/mol. The highest BCUT2D eigenvalue weighted by molar-refractivity contribution is 5.65. The van der Waals surface area contributed by atoms with E-state index >= 15 is 0 Å². The maximum Gasteiger partial charge on any atom is 0.271 e. The molecule has 0 aliphatic carbocycles. The summed E-state index contributed by atoms with van der Waals surface area (Å²) in [7, 11) is 0. The molecule has 0 radical (unpaired) electrons. The highest BCUT2D eigenvalue weighted by Gasteiger charge is 2.07. The number of nitrogen functional groups attached to an aromatic ring is 1. The van der Waals surface area contributed by atoms with Crippen molar-refractivity contribution in [3.8, 4) is 5.69 Å². The van der Waals surface area contributed by atoms with Crippen LogP contribution < -0.4 is 16.6 Å². The second-order valence-corrected chi connectivity index (χ2v) is 4.58. The van der Waals surface area contributed by atoms with Crippen LogP contribution in [0.4, 0.5) is 17.3 Å². The summed E-state index contributed by atoms with van der Waals surface area (Å²) in [6.07, 6.45) is 1.50. The highest BCUT2D eigenvalue weighted by Crippen LogP contribution is 2.18. The van der Waals surface area contributed by atoms with Gasteiger partial charge in [0.2, 0.25) is 0 Å². The number of H-pyrrole nitrogens is 1. The smallest absolute Gasteiger partial charge is 0.271 e. The lowest BCUT2D eigenvalue weighted by molar-refractivity contribution is 0.806. The SMILES string of the molecule is Cc1ccccc1-n1nc(Nc2[nH]ncc2N)ccc1=O. The standard InChI is InChI=1S/C14H14N6O/c1-9-4-2-3-5-11(9)20-13(21)7-6-12(19-20)17-14-10(15)8-16-18-14/h2-8H,15H2,1H3,(H2,16,17,18,19). The van der Waals surface area contributed by atoms with Gasteiger partial charge in [-0.2, -0.15) is 9.78 Å². The van der Waals surface area contributed by atoms with E-state index in [1.165, 1.54) is 16.9 Å². The first-order valence-electron chi connectivity index (χ1n) is 6.37. The Hall–Kier alpha value is -3.09. The van der Waals surface area contributed by atoms with Gasteiger partial charge in [0, 0.05) is 6.07 Å². The summed E-state index contributed by atoms with van der Waals surface area (Å²) in [5.74, 6) is 1.03. The summed E-state index contributed by atoms with van der Waals surface area (Å²) in [5.41, 5.74) is 7.72. The average molecular weight is 282 g/mol.